The Morgan fingerprint density at radius 2 is 0.474 bits per heavy atom. The van der Waals surface area contributed by atoms with Crippen molar-refractivity contribution < 1.29 is 9.80 Å². The van der Waals surface area contributed by atoms with Crippen LogP contribution in [0.2, 0.25) is 0 Å². The van der Waals surface area contributed by atoms with Crippen molar-refractivity contribution in [3.8, 4) is 0 Å². The minimum absolute atomic E-state index is 1.45. The molecule has 2 heterocycles. The van der Waals surface area contributed by atoms with Crippen molar-refractivity contribution in [3.05, 3.63) is 0 Å². The third kappa shape index (κ3) is 6.76. The first-order chi connectivity index (χ1) is 9.45. The lowest BCUT2D eigenvalue weighted by Gasteiger charge is -2.20. The van der Waals surface area contributed by atoms with E-state index in [-0.39, 0.29) is 0 Å². The number of hydrogen-bond acceptors (Lipinski definition) is 0. The molecule has 0 aromatic carbocycles. The molecule has 0 amide bonds. The highest BCUT2D eigenvalue weighted by atomic mass is 15.1. The molecule has 2 aliphatic rings. The van der Waals surface area contributed by atoms with Gasteiger partial charge in [0, 0.05) is 0 Å². The van der Waals surface area contributed by atoms with Gasteiger partial charge in [-0.05, 0) is 70.6 Å². The van der Waals surface area contributed by atoms with Gasteiger partial charge in [0.25, 0.3) is 0 Å². The smallest absolute Gasteiger partial charge is 0.0770 e. The summed E-state index contributed by atoms with van der Waals surface area (Å²) in [5.41, 5.74) is 0. The average molecular weight is 268 g/mol. The van der Waals surface area contributed by atoms with Gasteiger partial charge < -0.3 is 9.80 Å². The van der Waals surface area contributed by atoms with E-state index >= 15 is 0 Å². The molecule has 0 aromatic heterocycles. The molecule has 0 saturated carbocycles. The summed E-state index contributed by atoms with van der Waals surface area (Å²) in [5.74, 6) is 0. The van der Waals surface area contributed by atoms with E-state index in [1.807, 2.05) is 9.80 Å². The highest BCUT2D eigenvalue weighted by Crippen LogP contribution is 2.01. The molecule has 2 N–H and O–H groups in total. The number of rotatable bonds is 0. The van der Waals surface area contributed by atoms with Gasteiger partial charge in [-0.3, -0.25) is 0 Å². The summed E-state index contributed by atoms with van der Waals surface area (Å²) in [5, 5.41) is 0. The third-order valence-corrected chi connectivity index (χ3v) is 5.18. The van der Waals surface area contributed by atoms with Gasteiger partial charge in [0.1, 0.15) is 0 Å². The van der Waals surface area contributed by atoms with Crippen molar-refractivity contribution >= 4 is 0 Å². The lowest BCUT2D eigenvalue weighted by Crippen LogP contribution is -3.12. The Morgan fingerprint density at radius 3 is 0.737 bits per heavy atom. The molecule has 0 radical (unpaired) electrons. The molecule has 2 aliphatic heterocycles. The minimum Gasteiger partial charge on any atom is -0.335 e. The van der Waals surface area contributed by atoms with Crippen LogP contribution in [0.4, 0.5) is 0 Å². The van der Waals surface area contributed by atoms with Crippen molar-refractivity contribution in [1.29, 1.82) is 0 Å². The monoisotopic (exact) mass is 268 g/mol. The van der Waals surface area contributed by atoms with Gasteiger partial charge in [0.2, 0.25) is 0 Å². The van der Waals surface area contributed by atoms with Gasteiger partial charge in [-0.15, -0.1) is 0 Å². The van der Waals surface area contributed by atoms with Crippen LogP contribution in [0.15, 0.2) is 0 Å². The molecule has 19 heavy (non-hydrogen) atoms. The Morgan fingerprint density at radius 1 is 0.263 bits per heavy atom. The van der Waals surface area contributed by atoms with Gasteiger partial charge in [-0.2, -0.15) is 0 Å². The van der Waals surface area contributed by atoms with E-state index < -0.39 is 0 Å². The Balaban J connectivity index is 1.90. The summed E-state index contributed by atoms with van der Waals surface area (Å²) in [6.45, 7) is 8.73. The predicted molar refractivity (Wildman–Crippen MR) is 81.9 cm³/mol. The van der Waals surface area contributed by atoms with Crippen LogP contribution in [-0.2, 0) is 0 Å². The molecule has 0 spiro atoms. The fourth-order valence-corrected chi connectivity index (χ4v) is 3.88. The fraction of sp³-hybridized carbons (Fsp3) is 1.00. The largest absolute Gasteiger partial charge is 0.335 e. The average Bonchev–Trinajstić information content (AvgIpc) is 2.46. The van der Waals surface area contributed by atoms with Crippen LogP contribution in [0.1, 0.15) is 70.6 Å². The molecular formula is C17H36N2+2. The summed E-state index contributed by atoms with van der Waals surface area (Å²) in [4.78, 5) is 3.84. The van der Waals surface area contributed by atoms with E-state index in [0.717, 1.165) is 0 Å². The minimum atomic E-state index is 1.45. The lowest BCUT2D eigenvalue weighted by molar-refractivity contribution is -0.901. The second-order valence-corrected chi connectivity index (χ2v) is 6.89. The lowest BCUT2D eigenvalue weighted by atomic mass is 10.1. The van der Waals surface area contributed by atoms with Crippen LogP contribution in [0.25, 0.3) is 0 Å². The van der Waals surface area contributed by atoms with Gasteiger partial charge in [-0.1, -0.05) is 0 Å². The zero-order valence-electron chi connectivity index (χ0n) is 13.0. The topological polar surface area (TPSA) is 8.88 Å². The fourth-order valence-electron chi connectivity index (χ4n) is 3.88. The maximum atomic E-state index is 1.92. The summed E-state index contributed by atoms with van der Waals surface area (Å²) >= 11 is 0. The first kappa shape index (κ1) is 15.3. The third-order valence-electron chi connectivity index (χ3n) is 5.18. The molecule has 0 atom stereocenters. The van der Waals surface area contributed by atoms with Gasteiger partial charge >= 0.3 is 0 Å². The second-order valence-electron chi connectivity index (χ2n) is 6.89. The number of quaternary nitrogens is 2. The van der Waals surface area contributed by atoms with E-state index in [1.54, 1.807) is 0 Å². The molecular weight excluding hydrogens is 232 g/mol. The van der Waals surface area contributed by atoms with E-state index in [0.29, 0.717) is 0 Å². The van der Waals surface area contributed by atoms with E-state index in [4.69, 9.17) is 0 Å². The molecule has 2 saturated heterocycles. The maximum absolute atomic E-state index is 1.92. The van der Waals surface area contributed by atoms with Gasteiger partial charge in [-0.25, -0.2) is 0 Å². The maximum Gasteiger partial charge on any atom is 0.0770 e. The molecule has 2 nitrogen and oxygen atoms in total. The Labute approximate surface area is 120 Å². The van der Waals surface area contributed by atoms with Crippen molar-refractivity contribution in [2.75, 3.05) is 39.3 Å². The Bertz CT molecular complexity index is 179. The molecule has 0 unspecified atom stereocenters. The van der Waals surface area contributed by atoms with Crippen LogP contribution < -0.4 is 9.80 Å². The molecule has 2 fully saturated rings. The highest BCUT2D eigenvalue weighted by Gasteiger charge is 2.13. The molecule has 0 aliphatic carbocycles. The van der Waals surface area contributed by atoms with Crippen molar-refractivity contribution in [2.45, 2.75) is 70.6 Å². The molecule has 2 bridgehead atoms. The molecule has 2 heteroatoms. The molecule has 2 rings (SSSR count). The zero-order valence-corrected chi connectivity index (χ0v) is 13.0. The van der Waals surface area contributed by atoms with Crippen LogP contribution in [-0.4, -0.2) is 39.3 Å². The normalized spacial score (nSPS) is 32.8. The standard InChI is InChI=1S/C17H34N2/c1-2-7-13-19-15-9-4-3-8-14-18(12-6-1)16-10-5-11-17-19/h1-17H2/p+2. The molecule has 0 aromatic rings. The van der Waals surface area contributed by atoms with Crippen LogP contribution in [0, 0.1) is 0 Å². The quantitative estimate of drug-likeness (QED) is 0.650. The second kappa shape index (κ2) is 9.77. The summed E-state index contributed by atoms with van der Waals surface area (Å²) in [6.07, 6.45) is 16.3. The van der Waals surface area contributed by atoms with Crippen molar-refractivity contribution in [3.63, 3.8) is 0 Å². The Kier molecular flexibility index (Phi) is 7.87. The van der Waals surface area contributed by atoms with Gasteiger partial charge in [0.05, 0.1) is 39.3 Å². The van der Waals surface area contributed by atoms with Crippen LogP contribution in [0.5, 0.6) is 0 Å². The van der Waals surface area contributed by atoms with Crippen LogP contribution in [0.3, 0.4) is 0 Å². The summed E-state index contributed by atoms with van der Waals surface area (Å²) in [6, 6.07) is 0. The van der Waals surface area contributed by atoms with Crippen molar-refractivity contribution in [1.82, 2.24) is 0 Å². The summed E-state index contributed by atoms with van der Waals surface area (Å²) in [7, 11) is 0. The first-order valence-electron chi connectivity index (χ1n) is 9.12. The van der Waals surface area contributed by atoms with E-state index in [9.17, 15) is 0 Å². The van der Waals surface area contributed by atoms with Crippen molar-refractivity contribution in [2.24, 2.45) is 0 Å². The molecule has 112 valence electrons. The summed E-state index contributed by atoms with van der Waals surface area (Å²) < 4.78 is 0. The van der Waals surface area contributed by atoms with E-state index in [2.05, 4.69) is 0 Å². The number of hydrogen-bond donors (Lipinski definition) is 2. The predicted octanol–water partition coefficient (Wildman–Crippen LogP) is 1.07. The highest BCUT2D eigenvalue weighted by molar-refractivity contribution is 4.49. The number of fused-ring (bicyclic) bond motifs is 6. The van der Waals surface area contributed by atoms with Gasteiger partial charge in [0.15, 0.2) is 0 Å². The van der Waals surface area contributed by atoms with E-state index in [1.165, 1.54) is 110 Å². The van der Waals surface area contributed by atoms with Crippen LogP contribution >= 0.6 is 0 Å². The Hall–Kier alpha value is -0.0800. The first-order valence-corrected chi connectivity index (χ1v) is 9.12. The zero-order chi connectivity index (χ0) is 13.2. The SMILES string of the molecule is C1CCC[NH+]2CCCCCC[NH+](CC1)CCCCC2. The number of nitrogens with one attached hydrogen (secondary N) is 2.